The number of benzene rings is 2. The van der Waals surface area contributed by atoms with Crippen LogP contribution in [-0.4, -0.2) is 29.1 Å². The minimum Gasteiger partial charge on any atom is -0.506 e. The zero-order valence-corrected chi connectivity index (χ0v) is 15.5. The van der Waals surface area contributed by atoms with Crippen molar-refractivity contribution in [2.24, 2.45) is 4.99 Å². The van der Waals surface area contributed by atoms with Crippen LogP contribution in [0.1, 0.15) is 11.1 Å². The lowest BCUT2D eigenvalue weighted by molar-refractivity contribution is 0.266. The molecule has 0 aromatic heterocycles. The molecule has 2 aromatic rings. The largest absolute Gasteiger partial charge is 0.506 e. The summed E-state index contributed by atoms with van der Waals surface area (Å²) in [6, 6.07) is 13.5. The number of rotatable bonds is 5. The van der Waals surface area contributed by atoms with Crippen LogP contribution in [0, 0.1) is 7.14 Å². The van der Waals surface area contributed by atoms with Crippen molar-refractivity contribution >= 4 is 51.4 Å². The van der Waals surface area contributed by atoms with E-state index in [2.05, 4.69) is 50.2 Å². The summed E-state index contributed by atoms with van der Waals surface area (Å²) in [5.41, 5.74) is 1.81. The number of nitrogens with zero attached hydrogens (tertiary/aromatic N) is 1. The number of aliphatic hydroxyl groups is 1. The quantitative estimate of drug-likeness (QED) is 0.480. The molecule has 0 aliphatic heterocycles. The first-order valence-corrected chi connectivity index (χ1v) is 8.62. The van der Waals surface area contributed by atoms with Gasteiger partial charge in [-0.05, 0) is 69.3 Å². The maximum atomic E-state index is 10.0. The molecule has 2 rings (SSSR count). The second-order valence-electron chi connectivity index (χ2n) is 4.63. The molecule has 0 saturated heterocycles. The number of aliphatic imine (C=N–C) groups is 1. The van der Waals surface area contributed by atoms with Crippen molar-refractivity contribution in [1.82, 2.24) is 0 Å². The number of halogens is 2. The molecule has 0 radical (unpaired) electrons. The van der Waals surface area contributed by atoms with Crippen molar-refractivity contribution in [1.29, 1.82) is 0 Å². The fourth-order valence-electron chi connectivity index (χ4n) is 1.92. The van der Waals surface area contributed by atoms with E-state index in [-0.39, 0.29) is 18.4 Å². The fraction of sp³-hybridized carbons (Fsp3) is 0.188. The van der Waals surface area contributed by atoms with E-state index in [9.17, 15) is 10.2 Å². The van der Waals surface area contributed by atoms with Gasteiger partial charge >= 0.3 is 0 Å². The molecular weight excluding hydrogens is 492 g/mol. The van der Waals surface area contributed by atoms with Crippen LogP contribution in [0.5, 0.6) is 5.75 Å². The van der Waals surface area contributed by atoms with E-state index in [0.29, 0.717) is 12.0 Å². The van der Waals surface area contributed by atoms with Gasteiger partial charge in [-0.2, -0.15) is 0 Å². The molecule has 5 heteroatoms. The smallest absolute Gasteiger partial charge is 0.137 e. The Kier molecular flexibility index (Phi) is 6.43. The van der Waals surface area contributed by atoms with E-state index in [1.165, 1.54) is 0 Å². The Morgan fingerprint density at radius 1 is 1.14 bits per heavy atom. The summed E-state index contributed by atoms with van der Waals surface area (Å²) in [6.45, 7) is -0.0207. The van der Waals surface area contributed by atoms with Gasteiger partial charge in [-0.15, -0.1) is 0 Å². The lowest BCUT2D eigenvalue weighted by atomic mass is 10.1. The number of phenolic OH excluding ortho intramolecular Hbond substituents is 1. The van der Waals surface area contributed by atoms with Crippen LogP contribution in [0.15, 0.2) is 47.5 Å². The first kappa shape index (κ1) is 16.7. The summed E-state index contributed by atoms with van der Waals surface area (Å²) in [5.74, 6) is 0.233. The highest BCUT2D eigenvalue weighted by Crippen LogP contribution is 2.25. The molecule has 110 valence electrons. The highest BCUT2D eigenvalue weighted by Gasteiger charge is 2.08. The van der Waals surface area contributed by atoms with E-state index in [4.69, 9.17) is 0 Å². The third-order valence-electron chi connectivity index (χ3n) is 3.01. The zero-order valence-electron chi connectivity index (χ0n) is 11.2. The highest BCUT2D eigenvalue weighted by molar-refractivity contribution is 14.1. The molecule has 0 fully saturated rings. The van der Waals surface area contributed by atoms with Crippen molar-refractivity contribution in [2.75, 3.05) is 6.61 Å². The van der Waals surface area contributed by atoms with Crippen molar-refractivity contribution in [3.63, 3.8) is 0 Å². The Hall–Kier alpha value is -0.670. The van der Waals surface area contributed by atoms with Gasteiger partial charge in [0.2, 0.25) is 0 Å². The molecule has 0 bridgehead atoms. The molecule has 0 aliphatic carbocycles. The maximum absolute atomic E-state index is 10.0. The molecule has 0 saturated carbocycles. The van der Waals surface area contributed by atoms with Gasteiger partial charge in [0.1, 0.15) is 5.75 Å². The van der Waals surface area contributed by atoms with Gasteiger partial charge < -0.3 is 10.2 Å². The molecule has 2 N–H and O–H groups in total. The molecule has 21 heavy (non-hydrogen) atoms. The van der Waals surface area contributed by atoms with Crippen LogP contribution in [0.4, 0.5) is 0 Å². The average Bonchev–Trinajstić information content (AvgIpc) is 2.49. The van der Waals surface area contributed by atoms with Crippen LogP contribution < -0.4 is 0 Å². The number of hydrogen-bond donors (Lipinski definition) is 2. The lowest BCUT2D eigenvalue weighted by Gasteiger charge is -2.10. The maximum Gasteiger partial charge on any atom is 0.137 e. The summed E-state index contributed by atoms with van der Waals surface area (Å²) in [7, 11) is 0. The Bertz CT molecular complexity index is 630. The number of aromatic hydroxyl groups is 1. The minimum absolute atomic E-state index is 0.0207. The molecule has 0 unspecified atom stereocenters. The average molecular weight is 507 g/mol. The van der Waals surface area contributed by atoms with Gasteiger partial charge in [0.05, 0.1) is 16.2 Å². The lowest BCUT2D eigenvalue weighted by Crippen LogP contribution is -2.14. The van der Waals surface area contributed by atoms with E-state index < -0.39 is 0 Å². The Morgan fingerprint density at radius 2 is 1.86 bits per heavy atom. The molecule has 0 amide bonds. The van der Waals surface area contributed by atoms with Crippen LogP contribution >= 0.6 is 45.2 Å². The van der Waals surface area contributed by atoms with Crippen LogP contribution in [0.3, 0.4) is 0 Å². The van der Waals surface area contributed by atoms with Crippen molar-refractivity contribution in [2.45, 2.75) is 12.5 Å². The Labute approximate surface area is 151 Å². The summed E-state index contributed by atoms with van der Waals surface area (Å²) in [6.07, 6.45) is 2.32. The molecule has 3 nitrogen and oxygen atoms in total. The monoisotopic (exact) mass is 507 g/mol. The summed E-state index contributed by atoms with van der Waals surface area (Å²) in [5, 5.41) is 19.5. The van der Waals surface area contributed by atoms with E-state index >= 15 is 0 Å². The third-order valence-corrected chi connectivity index (χ3v) is 4.45. The molecule has 0 heterocycles. The summed E-state index contributed by atoms with van der Waals surface area (Å²) >= 11 is 4.30. The van der Waals surface area contributed by atoms with E-state index in [1.54, 1.807) is 6.21 Å². The second kappa shape index (κ2) is 8.09. The Morgan fingerprint density at radius 3 is 2.52 bits per heavy atom. The molecular formula is C16H15I2NO2. The van der Waals surface area contributed by atoms with Gasteiger partial charge in [0.25, 0.3) is 0 Å². The fourth-order valence-corrected chi connectivity index (χ4v) is 3.81. The highest BCUT2D eigenvalue weighted by atomic mass is 127. The van der Waals surface area contributed by atoms with E-state index in [1.807, 2.05) is 42.5 Å². The minimum atomic E-state index is -0.206. The molecule has 1 atom stereocenters. The number of hydrogen-bond acceptors (Lipinski definition) is 3. The van der Waals surface area contributed by atoms with Gasteiger partial charge in [-0.3, -0.25) is 4.99 Å². The van der Waals surface area contributed by atoms with Gasteiger partial charge in [0, 0.05) is 15.3 Å². The normalized spacial score (nSPS) is 12.7. The van der Waals surface area contributed by atoms with Crippen molar-refractivity contribution in [3.8, 4) is 5.75 Å². The van der Waals surface area contributed by atoms with Crippen molar-refractivity contribution in [3.05, 3.63) is 60.7 Å². The van der Waals surface area contributed by atoms with Gasteiger partial charge in [-0.25, -0.2) is 0 Å². The number of aliphatic hydroxyl groups excluding tert-OH is 1. The van der Waals surface area contributed by atoms with Gasteiger partial charge in [-0.1, -0.05) is 30.3 Å². The summed E-state index contributed by atoms with van der Waals surface area (Å²) in [4.78, 5) is 4.41. The van der Waals surface area contributed by atoms with Gasteiger partial charge in [0.15, 0.2) is 0 Å². The third kappa shape index (κ3) is 4.93. The summed E-state index contributed by atoms with van der Waals surface area (Å²) < 4.78 is 1.84. The van der Waals surface area contributed by atoms with Crippen molar-refractivity contribution < 1.29 is 10.2 Å². The molecule has 2 aromatic carbocycles. The Balaban J connectivity index is 2.15. The SMILES string of the molecule is OC[C@H](Cc1ccccc1)N=Cc1cc(I)cc(I)c1O. The first-order valence-electron chi connectivity index (χ1n) is 6.46. The second-order valence-corrected chi connectivity index (χ2v) is 7.04. The van der Waals surface area contributed by atoms with Crippen LogP contribution in [0.2, 0.25) is 0 Å². The topological polar surface area (TPSA) is 52.8 Å². The van der Waals surface area contributed by atoms with Crippen LogP contribution in [-0.2, 0) is 6.42 Å². The van der Waals surface area contributed by atoms with Crippen LogP contribution in [0.25, 0.3) is 0 Å². The zero-order chi connectivity index (χ0) is 15.2. The van der Waals surface area contributed by atoms with E-state index in [0.717, 1.165) is 12.7 Å². The predicted octanol–water partition coefficient (Wildman–Crippen LogP) is 3.62. The first-order chi connectivity index (χ1) is 10.1. The molecule has 0 aliphatic rings. The number of phenols is 1. The predicted molar refractivity (Wildman–Crippen MR) is 102 cm³/mol. The standard InChI is InChI=1S/C16H15I2NO2/c17-13-7-12(16(21)15(18)8-13)9-19-14(10-20)6-11-4-2-1-3-5-11/h1-5,7-9,14,20-21H,6,10H2/t14-/m0/s1. The molecule has 0 spiro atoms.